The molecule has 0 spiro atoms. The molecule has 86 valence electrons. The Balaban J connectivity index is 2.96. The average Bonchev–Trinajstić information content (AvgIpc) is 2.26. The number of nitrogens with zero attached hydrogens (tertiary/aromatic N) is 1. The number of hydrogen-bond acceptors (Lipinski definition) is 3. The van der Waals surface area contributed by atoms with E-state index in [4.69, 9.17) is 0 Å². The Morgan fingerprint density at radius 1 is 1.38 bits per heavy atom. The van der Waals surface area contributed by atoms with E-state index in [-0.39, 0.29) is 29.1 Å². The molecule has 0 amide bonds. The maximum atomic E-state index is 11.3. The van der Waals surface area contributed by atoms with Crippen LogP contribution in [0.1, 0.15) is 25.3 Å². The minimum absolute atomic E-state index is 0.0179. The highest BCUT2D eigenvalue weighted by Crippen LogP contribution is 2.25. The minimum Gasteiger partial charge on any atom is -0.300 e. The van der Waals surface area contributed by atoms with Crippen molar-refractivity contribution in [3.8, 4) is 0 Å². The van der Waals surface area contributed by atoms with Crippen molar-refractivity contribution in [2.75, 3.05) is 6.54 Å². The minimum atomic E-state index is -0.364. The lowest BCUT2D eigenvalue weighted by atomic mass is 9.85. The maximum Gasteiger partial charge on any atom is 0.211 e. The van der Waals surface area contributed by atoms with Crippen LogP contribution in [-0.4, -0.2) is 17.3 Å². The molecule has 0 aliphatic heterocycles. The Labute approximate surface area is 94.4 Å². The number of ketones is 1. The average molecular weight is 221 g/mol. The SMILES string of the molecule is CC(=O)[C@@H](C)[C@H](C[N+](=O)[O-])c1ccccc1. The molecule has 0 aromatic heterocycles. The molecule has 0 heterocycles. The van der Waals surface area contributed by atoms with Gasteiger partial charge in [0.1, 0.15) is 5.78 Å². The number of carbonyl (C=O) groups is 1. The van der Waals surface area contributed by atoms with E-state index in [0.717, 1.165) is 5.56 Å². The third kappa shape index (κ3) is 3.15. The largest absolute Gasteiger partial charge is 0.300 e. The number of rotatable bonds is 5. The van der Waals surface area contributed by atoms with Crippen LogP contribution in [0.4, 0.5) is 0 Å². The van der Waals surface area contributed by atoms with Crippen LogP contribution in [0.2, 0.25) is 0 Å². The molecule has 1 rings (SSSR count). The van der Waals surface area contributed by atoms with Gasteiger partial charge in [0.25, 0.3) is 0 Å². The second-order valence-electron chi connectivity index (χ2n) is 3.93. The molecule has 4 heteroatoms. The Bertz CT molecular complexity index is 375. The van der Waals surface area contributed by atoms with Gasteiger partial charge in [-0.05, 0) is 12.5 Å². The molecule has 0 saturated heterocycles. The van der Waals surface area contributed by atoms with Crippen molar-refractivity contribution >= 4 is 5.78 Å². The van der Waals surface area contributed by atoms with Gasteiger partial charge in [0.05, 0.1) is 5.92 Å². The summed E-state index contributed by atoms with van der Waals surface area (Å²) in [5, 5.41) is 10.6. The summed E-state index contributed by atoms with van der Waals surface area (Å²) in [6.07, 6.45) is 0. The summed E-state index contributed by atoms with van der Waals surface area (Å²) in [6.45, 7) is 3.01. The van der Waals surface area contributed by atoms with Crippen LogP contribution in [0.25, 0.3) is 0 Å². The molecule has 0 N–H and O–H groups in total. The summed E-state index contributed by atoms with van der Waals surface area (Å²) in [7, 11) is 0. The zero-order valence-corrected chi connectivity index (χ0v) is 9.42. The van der Waals surface area contributed by atoms with Gasteiger partial charge in [0.15, 0.2) is 0 Å². The van der Waals surface area contributed by atoms with Crippen LogP contribution in [0, 0.1) is 16.0 Å². The molecule has 0 saturated carbocycles. The molecule has 0 aliphatic rings. The predicted molar refractivity (Wildman–Crippen MR) is 60.9 cm³/mol. The lowest BCUT2D eigenvalue weighted by Crippen LogP contribution is -2.24. The first-order chi connectivity index (χ1) is 7.52. The number of nitro groups is 1. The topological polar surface area (TPSA) is 60.2 Å². The number of benzene rings is 1. The zero-order chi connectivity index (χ0) is 12.1. The molecule has 1 aromatic carbocycles. The van der Waals surface area contributed by atoms with Gasteiger partial charge in [-0.2, -0.15) is 0 Å². The number of Topliss-reactive ketones (excluding diaryl/α,β-unsaturated/α-hetero) is 1. The van der Waals surface area contributed by atoms with Crippen LogP contribution >= 0.6 is 0 Å². The van der Waals surface area contributed by atoms with Gasteiger partial charge in [-0.3, -0.25) is 14.9 Å². The number of carbonyl (C=O) groups excluding carboxylic acids is 1. The van der Waals surface area contributed by atoms with Gasteiger partial charge in [-0.1, -0.05) is 37.3 Å². The van der Waals surface area contributed by atoms with Crippen molar-refractivity contribution in [3.05, 3.63) is 46.0 Å². The first-order valence-electron chi connectivity index (χ1n) is 5.19. The standard InChI is InChI=1S/C12H15NO3/c1-9(10(2)14)12(8-13(15)16)11-6-4-3-5-7-11/h3-7,9,12H,8H2,1-2H3/t9-,12+/m1/s1. The summed E-state index contributed by atoms with van der Waals surface area (Å²) < 4.78 is 0. The Morgan fingerprint density at radius 3 is 2.38 bits per heavy atom. The molecule has 1 aromatic rings. The van der Waals surface area contributed by atoms with Crippen molar-refractivity contribution < 1.29 is 9.72 Å². The summed E-state index contributed by atoms with van der Waals surface area (Å²) in [5.41, 5.74) is 0.849. The van der Waals surface area contributed by atoms with Crippen LogP contribution < -0.4 is 0 Å². The van der Waals surface area contributed by atoms with Crippen molar-refractivity contribution in [2.45, 2.75) is 19.8 Å². The first kappa shape index (κ1) is 12.4. The van der Waals surface area contributed by atoms with Gasteiger partial charge in [0, 0.05) is 10.8 Å². The highest BCUT2D eigenvalue weighted by Gasteiger charge is 2.27. The van der Waals surface area contributed by atoms with E-state index in [1.807, 2.05) is 30.3 Å². The zero-order valence-electron chi connectivity index (χ0n) is 9.42. The molecule has 4 nitrogen and oxygen atoms in total. The first-order valence-corrected chi connectivity index (χ1v) is 5.19. The van der Waals surface area contributed by atoms with Gasteiger partial charge in [0.2, 0.25) is 6.54 Å². The smallest absolute Gasteiger partial charge is 0.211 e. The molecular weight excluding hydrogens is 206 g/mol. The normalized spacial score (nSPS) is 14.1. The molecule has 0 radical (unpaired) electrons. The number of hydrogen-bond donors (Lipinski definition) is 0. The summed E-state index contributed by atoms with van der Waals surface area (Å²) in [4.78, 5) is 21.6. The third-order valence-electron chi connectivity index (χ3n) is 2.82. The van der Waals surface area contributed by atoms with Crippen LogP contribution in [0.3, 0.4) is 0 Å². The summed E-state index contributed by atoms with van der Waals surface area (Å²) in [6, 6.07) is 9.16. The molecule has 2 atom stereocenters. The monoisotopic (exact) mass is 221 g/mol. The van der Waals surface area contributed by atoms with Gasteiger partial charge in [-0.25, -0.2) is 0 Å². The van der Waals surface area contributed by atoms with Crippen molar-refractivity contribution in [2.24, 2.45) is 5.92 Å². The maximum absolute atomic E-state index is 11.3. The van der Waals surface area contributed by atoms with E-state index in [9.17, 15) is 14.9 Å². The fraction of sp³-hybridized carbons (Fsp3) is 0.417. The molecular formula is C12H15NO3. The molecule has 0 aliphatic carbocycles. The molecule has 0 unspecified atom stereocenters. The highest BCUT2D eigenvalue weighted by atomic mass is 16.6. The molecule has 16 heavy (non-hydrogen) atoms. The van der Waals surface area contributed by atoms with E-state index >= 15 is 0 Å². The van der Waals surface area contributed by atoms with Crippen LogP contribution in [-0.2, 0) is 4.79 Å². The van der Waals surface area contributed by atoms with Gasteiger partial charge >= 0.3 is 0 Å². The highest BCUT2D eigenvalue weighted by molar-refractivity contribution is 5.79. The quantitative estimate of drug-likeness (QED) is 0.566. The van der Waals surface area contributed by atoms with E-state index in [1.165, 1.54) is 6.92 Å². The van der Waals surface area contributed by atoms with E-state index in [1.54, 1.807) is 6.92 Å². The van der Waals surface area contributed by atoms with E-state index in [2.05, 4.69) is 0 Å². The van der Waals surface area contributed by atoms with Crippen molar-refractivity contribution in [1.29, 1.82) is 0 Å². The lowest BCUT2D eigenvalue weighted by Gasteiger charge is -2.18. The molecule has 0 fully saturated rings. The lowest BCUT2D eigenvalue weighted by molar-refractivity contribution is -0.484. The fourth-order valence-corrected chi connectivity index (χ4v) is 1.70. The Hall–Kier alpha value is -1.71. The second kappa shape index (κ2) is 5.39. The van der Waals surface area contributed by atoms with Crippen molar-refractivity contribution in [3.63, 3.8) is 0 Å². The van der Waals surface area contributed by atoms with Gasteiger partial charge < -0.3 is 0 Å². The van der Waals surface area contributed by atoms with Crippen molar-refractivity contribution in [1.82, 2.24) is 0 Å². The molecule has 0 bridgehead atoms. The van der Waals surface area contributed by atoms with E-state index < -0.39 is 0 Å². The predicted octanol–water partition coefficient (Wildman–Crippen LogP) is 2.27. The Morgan fingerprint density at radius 2 is 1.94 bits per heavy atom. The van der Waals surface area contributed by atoms with Gasteiger partial charge in [-0.15, -0.1) is 0 Å². The second-order valence-corrected chi connectivity index (χ2v) is 3.93. The van der Waals surface area contributed by atoms with Crippen LogP contribution in [0.15, 0.2) is 30.3 Å². The van der Waals surface area contributed by atoms with E-state index in [0.29, 0.717) is 0 Å². The van der Waals surface area contributed by atoms with Crippen LogP contribution in [0.5, 0.6) is 0 Å². The third-order valence-corrected chi connectivity index (χ3v) is 2.82. The summed E-state index contributed by atoms with van der Waals surface area (Å²) in [5.74, 6) is -0.683. The fourth-order valence-electron chi connectivity index (χ4n) is 1.70. The Kier molecular flexibility index (Phi) is 4.17. The summed E-state index contributed by atoms with van der Waals surface area (Å²) >= 11 is 0.